The Kier molecular flexibility index (Phi) is 3.29. The number of carboxylic acid groups (broad SMARTS) is 1. The van der Waals surface area contributed by atoms with E-state index in [1.807, 2.05) is 6.07 Å². The molecule has 0 amide bonds. The van der Waals surface area contributed by atoms with Gasteiger partial charge in [0.05, 0.1) is 4.92 Å². The molecule has 1 aromatic heterocycles. The van der Waals surface area contributed by atoms with E-state index in [1.54, 1.807) is 0 Å². The average Bonchev–Trinajstić information content (AvgIpc) is 3.19. The zero-order chi connectivity index (χ0) is 14.0. The molecule has 19 heavy (non-hydrogen) atoms. The van der Waals surface area contributed by atoms with Crippen LogP contribution in [0.1, 0.15) is 18.4 Å². The second-order valence-corrected chi connectivity index (χ2v) is 4.19. The van der Waals surface area contributed by atoms with Gasteiger partial charge in [0.25, 0.3) is 5.69 Å². The van der Waals surface area contributed by atoms with Gasteiger partial charge in [-0.3, -0.25) is 14.9 Å². The molecule has 8 nitrogen and oxygen atoms in total. The second kappa shape index (κ2) is 4.89. The Hall–Kier alpha value is -2.69. The highest BCUT2D eigenvalue weighted by Gasteiger charge is 2.33. The quantitative estimate of drug-likeness (QED) is 0.618. The average molecular weight is 262 g/mol. The molecule has 0 aliphatic heterocycles. The Balaban J connectivity index is 2.39. The summed E-state index contributed by atoms with van der Waals surface area (Å²) in [5.41, 5.74) is -0.270. The number of nitro groups is 1. The summed E-state index contributed by atoms with van der Waals surface area (Å²) in [5.74, 6) is -0.839. The van der Waals surface area contributed by atoms with Crippen molar-refractivity contribution in [1.29, 1.82) is 5.26 Å². The summed E-state index contributed by atoms with van der Waals surface area (Å²) < 4.78 is 0. The van der Waals surface area contributed by atoms with E-state index in [0.717, 1.165) is 25.1 Å². The Labute approximate surface area is 108 Å². The highest BCUT2D eigenvalue weighted by atomic mass is 16.6. The molecule has 0 radical (unpaired) electrons. The molecule has 1 aromatic rings. The molecule has 1 aliphatic rings. The molecule has 2 rings (SSSR count). The van der Waals surface area contributed by atoms with Crippen molar-refractivity contribution >= 4 is 17.5 Å². The summed E-state index contributed by atoms with van der Waals surface area (Å²) >= 11 is 0. The van der Waals surface area contributed by atoms with Crippen molar-refractivity contribution < 1.29 is 14.8 Å². The molecular formula is C11H10N4O4. The van der Waals surface area contributed by atoms with Crippen LogP contribution in [0.25, 0.3) is 0 Å². The Morgan fingerprint density at radius 2 is 2.37 bits per heavy atom. The number of aliphatic carboxylic acids is 1. The normalized spacial score (nSPS) is 13.6. The van der Waals surface area contributed by atoms with Crippen LogP contribution < -0.4 is 4.90 Å². The molecule has 0 aromatic carbocycles. The first-order valence-corrected chi connectivity index (χ1v) is 5.56. The molecule has 0 saturated heterocycles. The summed E-state index contributed by atoms with van der Waals surface area (Å²) in [6.07, 6.45) is 2.70. The van der Waals surface area contributed by atoms with Gasteiger partial charge in [0, 0.05) is 12.1 Å². The van der Waals surface area contributed by atoms with Gasteiger partial charge in [-0.15, -0.1) is 0 Å². The molecule has 0 unspecified atom stereocenters. The number of carboxylic acids is 1. The Bertz CT molecular complexity index is 577. The third kappa shape index (κ3) is 2.77. The van der Waals surface area contributed by atoms with Gasteiger partial charge in [0.2, 0.25) is 0 Å². The molecule has 0 bridgehead atoms. The first-order chi connectivity index (χ1) is 9.02. The maximum absolute atomic E-state index is 10.8. The number of rotatable bonds is 5. The molecule has 1 heterocycles. The lowest BCUT2D eigenvalue weighted by atomic mass is 10.2. The molecule has 1 fully saturated rings. The van der Waals surface area contributed by atoms with Crippen LogP contribution in [0.3, 0.4) is 0 Å². The van der Waals surface area contributed by atoms with Gasteiger partial charge < -0.3 is 10.0 Å². The zero-order valence-corrected chi connectivity index (χ0v) is 9.81. The molecular weight excluding hydrogens is 252 g/mol. The van der Waals surface area contributed by atoms with Crippen LogP contribution in [-0.4, -0.2) is 33.6 Å². The van der Waals surface area contributed by atoms with Crippen LogP contribution in [-0.2, 0) is 4.79 Å². The van der Waals surface area contributed by atoms with E-state index in [4.69, 9.17) is 10.4 Å². The second-order valence-electron chi connectivity index (χ2n) is 4.19. The van der Waals surface area contributed by atoms with E-state index in [0.29, 0.717) is 0 Å². The van der Waals surface area contributed by atoms with Crippen molar-refractivity contribution in [2.45, 2.75) is 18.9 Å². The smallest absolute Gasteiger partial charge is 0.323 e. The van der Waals surface area contributed by atoms with Crippen LogP contribution in [0.2, 0.25) is 0 Å². The molecule has 1 saturated carbocycles. The predicted molar refractivity (Wildman–Crippen MR) is 63.6 cm³/mol. The van der Waals surface area contributed by atoms with Crippen molar-refractivity contribution in [3.8, 4) is 6.07 Å². The monoisotopic (exact) mass is 262 g/mol. The van der Waals surface area contributed by atoms with E-state index in [-0.39, 0.29) is 29.7 Å². The zero-order valence-electron chi connectivity index (χ0n) is 9.81. The molecule has 1 N–H and O–H groups in total. The maximum atomic E-state index is 10.8. The van der Waals surface area contributed by atoms with Gasteiger partial charge in [-0.2, -0.15) is 5.26 Å². The molecule has 1 aliphatic carbocycles. The number of carbonyl (C=O) groups is 1. The maximum Gasteiger partial charge on any atom is 0.323 e. The van der Waals surface area contributed by atoms with Crippen LogP contribution in [0.5, 0.6) is 0 Å². The van der Waals surface area contributed by atoms with E-state index < -0.39 is 10.9 Å². The van der Waals surface area contributed by atoms with Crippen molar-refractivity contribution in [2.75, 3.05) is 11.4 Å². The minimum Gasteiger partial charge on any atom is -0.480 e. The lowest BCUT2D eigenvalue weighted by molar-refractivity contribution is -0.385. The van der Waals surface area contributed by atoms with E-state index in [2.05, 4.69) is 4.98 Å². The fourth-order valence-electron chi connectivity index (χ4n) is 1.77. The molecule has 0 spiro atoms. The largest absolute Gasteiger partial charge is 0.480 e. The third-order valence-electron chi connectivity index (χ3n) is 2.75. The number of pyridine rings is 1. The van der Waals surface area contributed by atoms with Crippen molar-refractivity contribution in [1.82, 2.24) is 4.98 Å². The summed E-state index contributed by atoms with van der Waals surface area (Å²) in [4.78, 5) is 26.2. The van der Waals surface area contributed by atoms with Gasteiger partial charge >= 0.3 is 5.97 Å². The summed E-state index contributed by atoms with van der Waals surface area (Å²) in [5, 5.41) is 28.5. The Morgan fingerprint density at radius 3 is 2.84 bits per heavy atom. The van der Waals surface area contributed by atoms with Gasteiger partial charge in [0.15, 0.2) is 0 Å². The van der Waals surface area contributed by atoms with Crippen molar-refractivity contribution in [3.05, 3.63) is 27.9 Å². The molecule has 8 heteroatoms. The highest BCUT2D eigenvalue weighted by Crippen LogP contribution is 2.32. The highest BCUT2D eigenvalue weighted by molar-refractivity contribution is 5.75. The number of hydrogen-bond donors (Lipinski definition) is 1. The van der Waals surface area contributed by atoms with Crippen LogP contribution in [0.15, 0.2) is 12.3 Å². The minimum atomic E-state index is -1.03. The van der Waals surface area contributed by atoms with Gasteiger partial charge in [0.1, 0.15) is 30.2 Å². The van der Waals surface area contributed by atoms with Crippen LogP contribution >= 0.6 is 0 Å². The van der Waals surface area contributed by atoms with Crippen molar-refractivity contribution in [2.24, 2.45) is 0 Å². The van der Waals surface area contributed by atoms with E-state index in [1.165, 1.54) is 4.90 Å². The lowest BCUT2D eigenvalue weighted by Gasteiger charge is -2.21. The summed E-state index contributed by atoms with van der Waals surface area (Å²) in [6, 6.07) is 2.98. The number of anilines is 1. The molecule has 98 valence electrons. The standard InChI is InChI=1S/C11H10N4O4/c12-4-7-3-9(15(18)19)5-13-11(7)14(6-10(16)17)8-1-2-8/h3,5,8H,1-2,6H2,(H,16,17). The third-order valence-corrected chi connectivity index (χ3v) is 2.75. The lowest BCUT2D eigenvalue weighted by Crippen LogP contribution is -2.33. The van der Waals surface area contributed by atoms with E-state index >= 15 is 0 Å². The number of nitriles is 1. The minimum absolute atomic E-state index is 0.0161. The summed E-state index contributed by atoms with van der Waals surface area (Å²) in [7, 11) is 0. The van der Waals surface area contributed by atoms with Gasteiger partial charge in [-0.1, -0.05) is 0 Å². The van der Waals surface area contributed by atoms with Gasteiger partial charge in [-0.05, 0) is 12.8 Å². The Morgan fingerprint density at radius 1 is 1.68 bits per heavy atom. The van der Waals surface area contributed by atoms with Crippen molar-refractivity contribution in [3.63, 3.8) is 0 Å². The number of nitrogens with zero attached hydrogens (tertiary/aromatic N) is 4. The predicted octanol–water partition coefficient (Wildman–Crippen LogP) is 0.915. The molecule has 0 atom stereocenters. The first kappa shape index (κ1) is 12.8. The topological polar surface area (TPSA) is 120 Å². The number of aromatic nitrogens is 1. The van der Waals surface area contributed by atoms with E-state index in [9.17, 15) is 14.9 Å². The van der Waals surface area contributed by atoms with Gasteiger partial charge in [-0.25, -0.2) is 4.98 Å². The van der Waals surface area contributed by atoms with Crippen LogP contribution in [0, 0.1) is 21.4 Å². The fraction of sp³-hybridized carbons (Fsp3) is 0.364. The summed E-state index contributed by atoms with van der Waals surface area (Å²) in [6.45, 7) is -0.274. The first-order valence-electron chi connectivity index (χ1n) is 5.56. The SMILES string of the molecule is N#Cc1cc([N+](=O)[O-])cnc1N(CC(=O)O)C1CC1. The van der Waals surface area contributed by atoms with Crippen LogP contribution in [0.4, 0.5) is 11.5 Å². The fourth-order valence-corrected chi connectivity index (χ4v) is 1.77. The number of hydrogen-bond acceptors (Lipinski definition) is 6.